The molecule has 25 heavy (non-hydrogen) atoms. The van der Waals surface area contributed by atoms with Crippen molar-refractivity contribution >= 4 is 32.6 Å². The molecule has 0 aliphatic carbocycles. The normalized spacial score (nSPS) is 10.8. The average molecular weight is 350 g/mol. The number of anilines is 1. The fourth-order valence-corrected chi connectivity index (χ4v) is 3.33. The fourth-order valence-electron chi connectivity index (χ4n) is 2.44. The second kappa shape index (κ2) is 6.37. The molecule has 1 amide bonds. The van der Waals surface area contributed by atoms with E-state index < -0.39 is 0 Å². The van der Waals surface area contributed by atoms with Crippen molar-refractivity contribution in [3.05, 3.63) is 66.5 Å². The summed E-state index contributed by atoms with van der Waals surface area (Å²) in [6.45, 7) is 0. The third-order valence-corrected chi connectivity index (χ3v) is 4.65. The Hall–Kier alpha value is -3.19. The molecule has 0 atom stereocenters. The second-order valence-electron chi connectivity index (χ2n) is 5.30. The van der Waals surface area contributed by atoms with Crippen LogP contribution in [0.3, 0.4) is 0 Å². The molecule has 4 rings (SSSR count). The van der Waals surface area contributed by atoms with E-state index in [1.807, 2.05) is 42.6 Å². The molecule has 7 heteroatoms. The predicted molar refractivity (Wildman–Crippen MR) is 97.7 cm³/mol. The summed E-state index contributed by atoms with van der Waals surface area (Å²) >= 11 is 1.41. The van der Waals surface area contributed by atoms with Gasteiger partial charge in [-0.05, 0) is 48.5 Å². The lowest BCUT2D eigenvalue weighted by atomic mass is 10.2. The summed E-state index contributed by atoms with van der Waals surface area (Å²) in [7, 11) is 1.62. The number of hydrogen-bond acceptors (Lipinski definition) is 5. The van der Waals surface area contributed by atoms with Gasteiger partial charge in [-0.1, -0.05) is 11.3 Å². The van der Waals surface area contributed by atoms with Crippen molar-refractivity contribution in [2.75, 3.05) is 12.4 Å². The number of fused-ring (bicyclic) bond motifs is 1. The number of carbonyl (C=O) groups is 1. The lowest BCUT2D eigenvalue weighted by Crippen LogP contribution is -2.11. The van der Waals surface area contributed by atoms with Gasteiger partial charge >= 0.3 is 0 Å². The van der Waals surface area contributed by atoms with Gasteiger partial charge in [0.05, 0.1) is 23.0 Å². The maximum Gasteiger partial charge on any atom is 0.257 e. The molecule has 0 saturated heterocycles. The highest BCUT2D eigenvalue weighted by molar-refractivity contribution is 7.22. The first-order chi connectivity index (χ1) is 12.2. The van der Waals surface area contributed by atoms with Gasteiger partial charge in [-0.3, -0.25) is 10.1 Å². The van der Waals surface area contributed by atoms with Gasteiger partial charge in [-0.15, -0.1) is 0 Å². The first kappa shape index (κ1) is 15.3. The van der Waals surface area contributed by atoms with E-state index in [1.165, 1.54) is 11.3 Å². The minimum atomic E-state index is -0.196. The molecule has 0 bridgehead atoms. The van der Waals surface area contributed by atoms with Crippen LogP contribution < -0.4 is 10.1 Å². The highest BCUT2D eigenvalue weighted by Gasteiger charge is 2.11. The van der Waals surface area contributed by atoms with Crippen LogP contribution in [-0.4, -0.2) is 27.8 Å². The Morgan fingerprint density at radius 3 is 2.76 bits per heavy atom. The van der Waals surface area contributed by atoms with Crippen LogP contribution in [-0.2, 0) is 0 Å². The molecule has 0 aliphatic heterocycles. The molecule has 0 unspecified atom stereocenters. The monoisotopic (exact) mass is 350 g/mol. The molecule has 1 N–H and O–H groups in total. The molecule has 2 aromatic heterocycles. The van der Waals surface area contributed by atoms with Crippen molar-refractivity contribution in [2.45, 2.75) is 0 Å². The predicted octanol–water partition coefficient (Wildman–Crippen LogP) is 3.74. The molecule has 0 spiro atoms. The van der Waals surface area contributed by atoms with Gasteiger partial charge in [-0.2, -0.15) is 5.10 Å². The summed E-state index contributed by atoms with van der Waals surface area (Å²) in [4.78, 5) is 16.8. The zero-order valence-corrected chi connectivity index (χ0v) is 14.2. The number of benzene rings is 2. The van der Waals surface area contributed by atoms with Gasteiger partial charge in [0.2, 0.25) is 0 Å². The summed E-state index contributed by atoms with van der Waals surface area (Å²) in [5.41, 5.74) is 2.29. The van der Waals surface area contributed by atoms with E-state index in [9.17, 15) is 4.79 Å². The quantitative estimate of drug-likeness (QED) is 0.609. The molecule has 124 valence electrons. The van der Waals surface area contributed by atoms with Gasteiger partial charge in [0, 0.05) is 18.0 Å². The van der Waals surface area contributed by atoms with E-state index in [0.29, 0.717) is 10.7 Å². The highest BCUT2D eigenvalue weighted by Crippen LogP contribution is 2.29. The minimum absolute atomic E-state index is 0.196. The molecule has 2 aromatic carbocycles. The molecular weight excluding hydrogens is 336 g/mol. The van der Waals surface area contributed by atoms with E-state index in [4.69, 9.17) is 4.74 Å². The van der Waals surface area contributed by atoms with Crippen molar-refractivity contribution < 1.29 is 9.53 Å². The molecular formula is C18H14N4O2S. The smallest absolute Gasteiger partial charge is 0.257 e. The first-order valence-electron chi connectivity index (χ1n) is 7.59. The zero-order valence-electron chi connectivity index (χ0n) is 13.3. The van der Waals surface area contributed by atoms with Crippen LogP contribution in [0.4, 0.5) is 5.13 Å². The van der Waals surface area contributed by atoms with E-state index in [2.05, 4.69) is 15.4 Å². The van der Waals surface area contributed by atoms with E-state index in [0.717, 1.165) is 21.7 Å². The minimum Gasteiger partial charge on any atom is -0.497 e. The molecule has 0 saturated carbocycles. The maximum absolute atomic E-state index is 12.4. The van der Waals surface area contributed by atoms with Crippen LogP contribution in [0.1, 0.15) is 10.4 Å². The molecule has 0 radical (unpaired) electrons. The second-order valence-corrected chi connectivity index (χ2v) is 6.33. The van der Waals surface area contributed by atoms with Crippen LogP contribution in [0.15, 0.2) is 60.9 Å². The fraction of sp³-hybridized carbons (Fsp3) is 0.0556. The number of aromatic nitrogens is 3. The van der Waals surface area contributed by atoms with Crippen LogP contribution in [0.2, 0.25) is 0 Å². The third kappa shape index (κ3) is 3.09. The number of hydrogen-bond donors (Lipinski definition) is 1. The average Bonchev–Trinajstić information content (AvgIpc) is 3.30. The van der Waals surface area contributed by atoms with Crippen LogP contribution in [0.25, 0.3) is 15.9 Å². The Labute approximate surface area is 147 Å². The highest BCUT2D eigenvalue weighted by atomic mass is 32.1. The molecule has 6 nitrogen and oxygen atoms in total. The van der Waals surface area contributed by atoms with Crippen molar-refractivity contribution in [3.63, 3.8) is 0 Å². The lowest BCUT2D eigenvalue weighted by Gasteiger charge is -2.04. The zero-order chi connectivity index (χ0) is 17.2. The Balaban J connectivity index is 1.53. The number of carbonyl (C=O) groups excluding carboxylic acids is 1. The SMILES string of the molecule is COc1ccc2nc(NC(=O)c3ccc(-n4cccn4)cc3)sc2c1. The van der Waals surface area contributed by atoms with Crippen LogP contribution in [0.5, 0.6) is 5.75 Å². The van der Waals surface area contributed by atoms with Crippen molar-refractivity contribution in [3.8, 4) is 11.4 Å². The Kier molecular flexibility index (Phi) is 3.91. The third-order valence-electron chi connectivity index (χ3n) is 3.71. The van der Waals surface area contributed by atoms with Crippen molar-refractivity contribution in [1.82, 2.24) is 14.8 Å². The maximum atomic E-state index is 12.4. The van der Waals surface area contributed by atoms with Crippen molar-refractivity contribution in [1.29, 1.82) is 0 Å². The summed E-state index contributed by atoms with van der Waals surface area (Å²) in [5, 5.41) is 7.57. The number of nitrogens with one attached hydrogen (secondary N) is 1. The number of amides is 1. The number of rotatable bonds is 4. The van der Waals surface area contributed by atoms with E-state index >= 15 is 0 Å². The van der Waals surface area contributed by atoms with Gasteiger partial charge < -0.3 is 4.74 Å². The first-order valence-corrected chi connectivity index (χ1v) is 8.40. The number of ether oxygens (including phenoxy) is 1. The molecule has 2 heterocycles. The summed E-state index contributed by atoms with van der Waals surface area (Å²) in [6.07, 6.45) is 3.56. The Morgan fingerprint density at radius 2 is 2.04 bits per heavy atom. The number of nitrogens with zero attached hydrogens (tertiary/aromatic N) is 3. The van der Waals surface area contributed by atoms with Crippen LogP contribution in [0, 0.1) is 0 Å². The standard InChI is InChI=1S/C18H14N4O2S/c1-24-14-7-8-15-16(11-14)25-18(20-15)21-17(23)12-3-5-13(6-4-12)22-10-2-9-19-22/h2-11H,1H3,(H,20,21,23). The van der Waals surface area contributed by atoms with Gasteiger partial charge in [0.1, 0.15) is 5.75 Å². The Morgan fingerprint density at radius 1 is 1.20 bits per heavy atom. The summed E-state index contributed by atoms with van der Waals surface area (Å²) < 4.78 is 7.91. The topological polar surface area (TPSA) is 69.0 Å². The molecule has 0 fully saturated rings. The lowest BCUT2D eigenvalue weighted by molar-refractivity contribution is 0.102. The largest absolute Gasteiger partial charge is 0.497 e. The van der Waals surface area contributed by atoms with Crippen molar-refractivity contribution in [2.24, 2.45) is 0 Å². The van der Waals surface area contributed by atoms with Gasteiger partial charge in [0.15, 0.2) is 5.13 Å². The summed E-state index contributed by atoms with van der Waals surface area (Å²) in [6, 6.07) is 14.7. The van der Waals surface area contributed by atoms with Gasteiger partial charge in [0.25, 0.3) is 5.91 Å². The number of thiazole rings is 1. The number of methoxy groups -OCH3 is 1. The Bertz CT molecular complexity index is 1020. The molecule has 0 aliphatic rings. The molecule has 4 aromatic rings. The van der Waals surface area contributed by atoms with E-state index in [1.54, 1.807) is 30.1 Å². The van der Waals surface area contributed by atoms with E-state index in [-0.39, 0.29) is 5.91 Å². The van der Waals surface area contributed by atoms with Gasteiger partial charge in [-0.25, -0.2) is 9.67 Å². The van der Waals surface area contributed by atoms with Crippen LogP contribution >= 0.6 is 11.3 Å². The summed E-state index contributed by atoms with van der Waals surface area (Å²) in [5.74, 6) is 0.571.